The minimum Gasteiger partial charge on any atom is -0.453 e. The SMILES string of the molecule is Cc1nc(OCC(=O)N(C)C2CCN(CC(F)(F)F)CC2)nc(C)c1N. The highest BCUT2D eigenvalue weighted by Crippen LogP contribution is 2.22. The predicted molar refractivity (Wildman–Crippen MR) is 89.7 cm³/mol. The van der Waals surface area contributed by atoms with E-state index in [1.807, 2.05) is 0 Å². The van der Waals surface area contributed by atoms with Crippen molar-refractivity contribution in [3.05, 3.63) is 11.4 Å². The molecule has 0 aromatic carbocycles. The van der Waals surface area contributed by atoms with Gasteiger partial charge in [-0.25, -0.2) is 0 Å². The highest BCUT2D eigenvalue weighted by molar-refractivity contribution is 5.77. The molecule has 0 spiro atoms. The molecule has 2 rings (SSSR count). The highest BCUT2D eigenvalue weighted by atomic mass is 19.4. The van der Waals surface area contributed by atoms with Crippen molar-refractivity contribution in [2.24, 2.45) is 0 Å². The van der Waals surface area contributed by atoms with Crippen molar-refractivity contribution < 1.29 is 22.7 Å². The molecule has 0 atom stereocenters. The van der Waals surface area contributed by atoms with Gasteiger partial charge in [-0.1, -0.05) is 0 Å². The van der Waals surface area contributed by atoms with Crippen molar-refractivity contribution in [1.29, 1.82) is 0 Å². The number of likely N-dealkylation sites (N-methyl/N-ethyl adjacent to an activating group) is 1. The molecule has 1 fully saturated rings. The van der Waals surface area contributed by atoms with Crippen molar-refractivity contribution in [2.75, 3.05) is 39.0 Å². The number of carbonyl (C=O) groups excluding carboxylic acids is 1. The first kappa shape index (κ1) is 20.2. The van der Waals surface area contributed by atoms with Crippen LogP contribution in [0.1, 0.15) is 24.2 Å². The van der Waals surface area contributed by atoms with E-state index in [9.17, 15) is 18.0 Å². The summed E-state index contributed by atoms with van der Waals surface area (Å²) in [6, 6.07) is -0.0256. The molecule has 1 saturated heterocycles. The summed E-state index contributed by atoms with van der Waals surface area (Å²) in [6.45, 7) is 2.92. The lowest BCUT2D eigenvalue weighted by atomic mass is 10.0. The van der Waals surface area contributed by atoms with Gasteiger partial charge in [0, 0.05) is 26.2 Å². The Labute approximate surface area is 150 Å². The molecule has 1 aromatic heterocycles. The van der Waals surface area contributed by atoms with Crippen LogP contribution < -0.4 is 10.5 Å². The van der Waals surface area contributed by atoms with Crippen molar-refractivity contribution in [3.8, 4) is 6.01 Å². The lowest BCUT2D eigenvalue weighted by Gasteiger charge is -2.36. The number of anilines is 1. The standard InChI is InChI=1S/C16H24F3N5O2/c1-10-14(20)11(2)22-15(21-10)26-8-13(25)23(3)12-4-6-24(7-5-12)9-16(17,18)19/h12H,4-9,20H2,1-3H3. The molecule has 0 aliphatic carbocycles. The fraction of sp³-hybridized carbons (Fsp3) is 0.688. The molecule has 0 saturated carbocycles. The van der Waals surface area contributed by atoms with Gasteiger partial charge in [0.1, 0.15) is 0 Å². The summed E-state index contributed by atoms with van der Waals surface area (Å²) in [5, 5.41) is 0. The smallest absolute Gasteiger partial charge is 0.401 e. The minimum atomic E-state index is -4.20. The largest absolute Gasteiger partial charge is 0.453 e. The number of halogens is 3. The molecule has 26 heavy (non-hydrogen) atoms. The highest BCUT2D eigenvalue weighted by Gasteiger charge is 2.33. The number of hydrogen-bond acceptors (Lipinski definition) is 6. The second kappa shape index (κ2) is 8.07. The quantitative estimate of drug-likeness (QED) is 0.840. The van der Waals surface area contributed by atoms with Crippen LogP contribution >= 0.6 is 0 Å². The molecule has 146 valence electrons. The van der Waals surface area contributed by atoms with Gasteiger partial charge in [0.15, 0.2) is 6.61 Å². The number of aryl methyl sites for hydroxylation is 2. The zero-order chi connectivity index (χ0) is 19.5. The number of likely N-dealkylation sites (tertiary alicyclic amines) is 1. The van der Waals surface area contributed by atoms with E-state index in [4.69, 9.17) is 10.5 Å². The van der Waals surface area contributed by atoms with Gasteiger partial charge in [0.2, 0.25) is 0 Å². The summed E-state index contributed by atoms with van der Waals surface area (Å²) in [4.78, 5) is 23.3. The zero-order valence-corrected chi connectivity index (χ0v) is 15.1. The van der Waals surface area contributed by atoms with E-state index in [2.05, 4.69) is 9.97 Å². The minimum absolute atomic E-state index is 0.0796. The van der Waals surface area contributed by atoms with Crippen molar-refractivity contribution in [1.82, 2.24) is 19.8 Å². The molecule has 10 heteroatoms. The third kappa shape index (κ3) is 5.45. The number of aromatic nitrogens is 2. The maximum Gasteiger partial charge on any atom is 0.401 e. The van der Waals surface area contributed by atoms with Crippen LogP contribution in [-0.2, 0) is 4.79 Å². The van der Waals surface area contributed by atoms with Crippen LogP contribution in [0.5, 0.6) is 6.01 Å². The van der Waals surface area contributed by atoms with E-state index in [1.165, 1.54) is 9.80 Å². The fourth-order valence-corrected chi connectivity index (χ4v) is 2.91. The van der Waals surface area contributed by atoms with E-state index in [-0.39, 0.29) is 24.6 Å². The van der Waals surface area contributed by atoms with E-state index in [0.29, 0.717) is 43.0 Å². The van der Waals surface area contributed by atoms with Crippen molar-refractivity contribution >= 4 is 11.6 Å². The average molecular weight is 375 g/mol. The number of carbonyl (C=O) groups is 1. The number of hydrogen-bond donors (Lipinski definition) is 1. The van der Waals surface area contributed by atoms with Crippen LogP contribution in [0.25, 0.3) is 0 Å². The zero-order valence-electron chi connectivity index (χ0n) is 15.1. The molecule has 0 bridgehead atoms. The molecule has 1 aromatic rings. The van der Waals surface area contributed by atoms with Gasteiger partial charge < -0.3 is 15.4 Å². The Morgan fingerprint density at radius 3 is 2.31 bits per heavy atom. The second-order valence-corrected chi connectivity index (χ2v) is 6.51. The molecular weight excluding hydrogens is 351 g/mol. The van der Waals surface area contributed by atoms with Crippen LogP contribution in [0.3, 0.4) is 0 Å². The molecule has 7 nitrogen and oxygen atoms in total. The predicted octanol–water partition coefficient (Wildman–Crippen LogP) is 1.54. The van der Waals surface area contributed by atoms with Crippen molar-refractivity contribution in [2.45, 2.75) is 38.9 Å². The van der Waals surface area contributed by atoms with Crippen molar-refractivity contribution in [3.63, 3.8) is 0 Å². The van der Waals surface area contributed by atoms with Gasteiger partial charge in [0.05, 0.1) is 23.6 Å². The topological polar surface area (TPSA) is 84.6 Å². The van der Waals surface area contributed by atoms with Gasteiger partial charge in [-0.15, -0.1) is 0 Å². The van der Waals surface area contributed by atoms with E-state index in [1.54, 1.807) is 20.9 Å². The van der Waals surface area contributed by atoms with E-state index >= 15 is 0 Å². The summed E-state index contributed by atoms with van der Waals surface area (Å²) in [5.41, 5.74) is 7.40. The average Bonchev–Trinajstić information content (AvgIpc) is 2.56. The van der Waals surface area contributed by atoms with E-state index < -0.39 is 12.7 Å². The van der Waals surface area contributed by atoms with Gasteiger partial charge >= 0.3 is 12.2 Å². The summed E-state index contributed by atoms with van der Waals surface area (Å²) < 4.78 is 42.6. The molecule has 1 aliphatic heterocycles. The van der Waals surface area contributed by atoms with Crippen LogP contribution in [0.15, 0.2) is 0 Å². The molecule has 2 heterocycles. The molecule has 1 aliphatic rings. The Morgan fingerprint density at radius 1 is 1.27 bits per heavy atom. The molecular formula is C16H24F3N5O2. The first-order valence-electron chi connectivity index (χ1n) is 8.35. The van der Waals surface area contributed by atoms with Crippen LogP contribution in [0.4, 0.5) is 18.9 Å². The summed E-state index contributed by atoms with van der Waals surface area (Å²) in [7, 11) is 1.64. The Bertz CT molecular complexity index is 622. The number of alkyl halides is 3. The van der Waals surface area contributed by atoms with E-state index in [0.717, 1.165) is 0 Å². The molecule has 0 radical (unpaired) electrons. The lowest BCUT2D eigenvalue weighted by molar-refractivity contribution is -0.150. The van der Waals surface area contributed by atoms with Gasteiger partial charge in [-0.05, 0) is 26.7 Å². The number of nitrogen functional groups attached to an aromatic ring is 1. The molecule has 1 amide bonds. The van der Waals surface area contributed by atoms with Gasteiger partial charge in [0.25, 0.3) is 5.91 Å². The second-order valence-electron chi connectivity index (χ2n) is 6.51. The number of nitrogens with two attached hydrogens (primary N) is 1. The Balaban J connectivity index is 1.83. The maximum atomic E-state index is 12.4. The number of rotatable bonds is 5. The summed E-state index contributed by atoms with van der Waals surface area (Å²) in [6.07, 6.45) is -3.21. The Hall–Kier alpha value is -2.10. The number of amides is 1. The molecule has 2 N–H and O–H groups in total. The number of piperidine rings is 1. The Kier molecular flexibility index (Phi) is 6.27. The third-order valence-electron chi connectivity index (χ3n) is 4.53. The maximum absolute atomic E-state index is 12.4. The summed E-state index contributed by atoms with van der Waals surface area (Å²) >= 11 is 0. The normalized spacial score (nSPS) is 16.5. The van der Waals surface area contributed by atoms with Crippen LogP contribution in [0.2, 0.25) is 0 Å². The number of ether oxygens (including phenoxy) is 1. The molecule has 0 unspecified atom stereocenters. The van der Waals surface area contributed by atoms with Gasteiger partial charge in [-0.2, -0.15) is 23.1 Å². The van der Waals surface area contributed by atoms with Crippen LogP contribution in [-0.4, -0.2) is 71.2 Å². The first-order valence-corrected chi connectivity index (χ1v) is 8.35. The van der Waals surface area contributed by atoms with Crippen LogP contribution in [0, 0.1) is 13.8 Å². The lowest BCUT2D eigenvalue weighted by Crippen LogP contribution is -2.48. The van der Waals surface area contributed by atoms with Gasteiger partial charge in [-0.3, -0.25) is 9.69 Å². The monoisotopic (exact) mass is 375 g/mol. The summed E-state index contributed by atoms with van der Waals surface area (Å²) in [5.74, 6) is -0.269. The fourth-order valence-electron chi connectivity index (χ4n) is 2.91. The number of nitrogens with zero attached hydrogens (tertiary/aromatic N) is 4. The third-order valence-corrected chi connectivity index (χ3v) is 4.53. The Morgan fingerprint density at radius 2 is 1.81 bits per heavy atom. The first-order chi connectivity index (χ1) is 12.1.